The molecule has 1 aliphatic rings. The Morgan fingerprint density at radius 1 is 0.528 bits per heavy atom. The Morgan fingerprint density at radius 2 is 0.931 bits per heavy atom. The molecule has 1 aliphatic heterocycles. The Bertz CT molecular complexity index is 2060. The van der Waals surface area contributed by atoms with Crippen LogP contribution in [-0.4, -0.2) is 155 Å². The van der Waals surface area contributed by atoms with Gasteiger partial charge in [0.2, 0.25) is 70.9 Å². The number of nitrogens with two attached hydrogens (primary N) is 3. The van der Waals surface area contributed by atoms with Crippen LogP contribution in [0.2, 0.25) is 0 Å². The molecule has 1 saturated heterocycles. The predicted molar refractivity (Wildman–Crippen MR) is 253 cm³/mol. The molecule has 7 atom stereocenters. The van der Waals surface area contributed by atoms with Crippen molar-refractivity contribution in [3.63, 3.8) is 0 Å². The van der Waals surface area contributed by atoms with E-state index < -0.39 is 159 Å². The van der Waals surface area contributed by atoms with Gasteiger partial charge in [0, 0.05) is 13.0 Å². The lowest BCUT2D eigenvalue weighted by molar-refractivity contribution is -0.137. The lowest BCUT2D eigenvalue weighted by Gasteiger charge is -2.26. The summed E-state index contributed by atoms with van der Waals surface area (Å²) >= 11 is 0. The number of carbonyl (C=O) groups excluding carboxylic acids is 12. The molecule has 1 heterocycles. The minimum Gasteiger partial charge on any atom is -0.508 e. The van der Waals surface area contributed by atoms with Crippen LogP contribution >= 0.6 is 0 Å². The molecule has 0 unspecified atom stereocenters. The van der Waals surface area contributed by atoms with Crippen LogP contribution in [0.15, 0.2) is 24.3 Å². The summed E-state index contributed by atoms with van der Waals surface area (Å²) in [7, 11) is 0. The first kappa shape index (κ1) is 60.7. The van der Waals surface area contributed by atoms with Gasteiger partial charge in [-0.25, -0.2) is 0 Å². The SMILES string of the molecule is CCCCCCCCCCCCNC(=O)[C@@H]1CC(=O)N[C@@H](CO)C(=O)N[C@H](Cc2ccc(O)cc2)C(=O)N[C@@H](CC(N)=O)C(=O)NCC(=O)N[C@@H](CC(N)=O)C(=O)N[C@@H](CO)C(=O)N[C@@H](CC(N)=O)C(=O)N1. The van der Waals surface area contributed by atoms with E-state index in [0.29, 0.717) is 12.0 Å². The molecule has 0 spiro atoms. The molecule has 400 valence electrons. The highest BCUT2D eigenvalue weighted by atomic mass is 16.3. The molecule has 27 heteroatoms. The van der Waals surface area contributed by atoms with E-state index in [1.165, 1.54) is 37.1 Å². The fraction of sp³-hybridized carbons (Fsp3) is 0.600. The number of rotatable bonds is 22. The van der Waals surface area contributed by atoms with Gasteiger partial charge in [0.1, 0.15) is 48.0 Å². The Kier molecular flexibility index (Phi) is 27.4. The summed E-state index contributed by atoms with van der Waals surface area (Å²) in [6.45, 7) is -1.03. The van der Waals surface area contributed by atoms with Gasteiger partial charge in [-0.1, -0.05) is 76.8 Å². The van der Waals surface area contributed by atoms with Crippen molar-refractivity contribution >= 4 is 70.9 Å². The minimum atomic E-state index is -1.95. The van der Waals surface area contributed by atoms with Crippen molar-refractivity contribution in [2.45, 2.75) is 146 Å². The van der Waals surface area contributed by atoms with Crippen LogP contribution in [0.1, 0.15) is 102 Å². The first-order valence-electron chi connectivity index (χ1n) is 23.7. The summed E-state index contributed by atoms with van der Waals surface area (Å²) in [5, 5.41) is 50.3. The number of aliphatic hydroxyl groups excluding tert-OH is 2. The van der Waals surface area contributed by atoms with Crippen LogP contribution in [-0.2, 0) is 64.0 Å². The summed E-state index contributed by atoms with van der Waals surface area (Å²) in [6.07, 6.45) is 5.91. The van der Waals surface area contributed by atoms with E-state index in [1.54, 1.807) is 0 Å². The van der Waals surface area contributed by atoms with E-state index in [-0.39, 0.29) is 18.7 Å². The molecule has 27 nitrogen and oxygen atoms in total. The highest BCUT2D eigenvalue weighted by Gasteiger charge is 2.35. The van der Waals surface area contributed by atoms with Crippen LogP contribution in [0.25, 0.3) is 0 Å². The zero-order valence-electron chi connectivity index (χ0n) is 40.3. The Balaban J connectivity index is 2.58. The van der Waals surface area contributed by atoms with E-state index in [0.717, 1.165) is 44.9 Å². The monoisotopic (exact) mass is 1020 g/mol. The maximum Gasteiger partial charge on any atom is 0.245 e. The summed E-state index contributed by atoms with van der Waals surface area (Å²) in [6, 6.07) is -7.58. The van der Waals surface area contributed by atoms with Crippen LogP contribution in [0.5, 0.6) is 5.75 Å². The van der Waals surface area contributed by atoms with Gasteiger partial charge in [-0.2, -0.15) is 0 Å². The van der Waals surface area contributed by atoms with E-state index in [4.69, 9.17) is 17.2 Å². The number of nitrogens with one attached hydrogen (secondary N) is 9. The number of benzene rings is 1. The molecule has 1 aromatic carbocycles. The Hall–Kier alpha value is -7.42. The van der Waals surface area contributed by atoms with Crippen LogP contribution in [0.4, 0.5) is 0 Å². The summed E-state index contributed by atoms with van der Waals surface area (Å²) in [5.74, 6) is -14.2. The third-order valence-corrected chi connectivity index (χ3v) is 11.1. The molecule has 0 saturated carbocycles. The molecule has 12 amide bonds. The third-order valence-electron chi connectivity index (χ3n) is 11.1. The van der Waals surface area contributed by atoms with Crippen LogP contribution in [0, 0.1) is 0 Å². The maximum atomic E-state index is 13.9. The van der Waals surface area contributed by atoms with E-state index in [1.807, 2.05) is 0 Å². The quantitative estimate of drug-likeness (QED) is 0.0482. The molecule has 2 rings (SSSR count). The third kappa shape index (κ3) is 23.5. The second-order valence-electron chi connectivity index (χ2n) is 17.2. The lowest BCUT2D eigenvalue weighted by atomic mass is 10.0. The molecule has 1 fully saturated rings. The first-order valence-corrected chi connectivity index (χ1v) is 23.7. The average Bonchev–Trinajstić information content (AvgIpc) is 3.31. The van der Waals surface area contributed by atoms with Gasteiger partial charge in [0.15, 0.2) is 0 Å². The van der Waals surface area contributed by atoms with E-state index in [2.05, 4.69) is 54.8 Å². The second kappa shape index (κ2) is 32.5. The molecule has 0 aliphatic carbocycles. The molecule has 1 aromatic rings. The Labute approximate surface area is 415 Å². The largest absolute Gasteiger partial charge is 0.508 e. The molecular formula is C45H70N12O15. The fourth-order valence-electron chi connectivity index (χ4n) is 7.19. The van der Waals surface area contributed by atoms with Crippen molar-refractivity contribution < 1.29 is 72.9 Å². The van der Waals surface area contributed by atoms with Crippen molar-refractivity contribution in [3.05, 3.63) is 29.8 Å². The van der Waals surface area contributed by atoms with Crippen LogP contribution < -0.4 is 65.1 Å². The first-order chi connectivity index (χ1) is 34.2. The number of phenols is 1. The molecule has 72 heavy (non-hydrogen) atoms. The minimum absolute atomic E-state index is 0.0912. The summed E-state index contributed by atoms with van der Waals surface area (Å²) in [4.78, 5) is 158. The standard InChI is InChI=1S/C45H70N12O15/c1-2-3-4-5-6-7-8-9-10-11-16-49-39(66)31-21-37(64)52-32(23-58)44(71)53-27(17-25-12-14-26(60)15-13-25)41(68)54-28(18-34(46)61)40(67)50-22-38(65)51-29(19-35(47)62)42(69)57-33(24-59)45(72)55-30(20-36(48)63)43(70)56-31/h12-15,27-33,58-60H,2-11,16-24H2,1H3,(H2,46,61)(H2,47,62)(H2,48,63)(H,49,66)(H,50,67)(H,51,65)(H,52,64)(H,53,71)(H,54,68)(H,55,72)(H,56,70)(H,57,69)/t27-,28+,29+,30+,31+,32+,33+/m1/s1. The number of primary amides is 3. The smallest absolute Gasteiger partial charge is 0.245 e. The van der Waals surface area contributed by atoms with Crippen molar-refractivity contribution in [1.29, 1.82) is 0 Å². The number of aliphatic hydroxyl groups is 2. The van der Waals surface area contributed by atoms with Crippen molar-refractivity contribution in [3.8, 4) is 5.75 Å². The lowest BCUT2D eigenvalue weighted by Crippen LogP contribution is -2.60. The van der Waals surface area contributed by atoms with Gasteiger partial charge in [0.25, 0.3) is 0 Å². The summed E-state index contributed by atoms with van der Waals surface area (Å²) < 4.78 is 0. The van der Waals surface area contributed by atoms with E-state index in [9.17, 15) is 72.9 Å². The van der Waals surface area contributed by atoms with Gasteiger partial charge >= 0.3 is 0 Å². The number of carbonyl (C=O) groups is 12. The van der Waals surface area contributed by atoms with Gasteiger partial charge in [-0.05, 0) is 24.1 Å². The highest BCUT2D eigenvalue weighted by molar-refractivity contribution is 6.00. The zero-order chi connectivity index (χ0) is 53.8. The number of aromatic hydroxyl groups is 1. The van der Waals surface area contributed by atoms with Gasteiger partial charge in [-0.3, -0.25) is 57.5 Å². The number of unbranched alkanes of at least 4 members (excludes halogenated alkanes) is 9. The fourth-order valence-corrected chi connectivity index (χ4v) is 7.19. The molecule has 0 aromatic heterocycles. The van der Waals surface area contributed by atoms with Crippen molar-refractivity contribution in [2.75, 3.05) is 26.3 Å². The number of hydrogen-bond donors (Lipinski definition) is 15. The van der Waals surface area contributed by atoms with Gasteiger partial charge in [-0.15, -0.1) is 0 Å². The van der Waals surface area contributed by atoms with Crippen molar-refractivity contribution in [1.82, 2.24) is 47.9 Å². The normalized spacial score (nSPS) is 22.4. The second-order valence-corrected chi connectivity index (χ2v) is 17.2. The number of amides is 12. The molecule has 18 N–H and O–H groups in total. The zero-order valence-corrected chi connectivity index (χ0v) is 40.3. The van der Waals surface area contributed by atoms with Gasteiger partial charge < -0.3 is 80.4 Å². The van der Waals surface area contributed by atoms with Crippen LogP contribution in [0.3, 0.4) is 0 Å². The van der Waals surface area contributed by atoms with E-state index >= 15 is 0 Å². The molecular weight excluding hydrogens is 949 g/mol. The number of hydrogen-bond acceptors (Lipinski definition) is 15. The highest BCUT2D eigenvalue weighted by Crippen LogP contribution is 2.13. The average molecular weight is 1020 g/mol. The Morgan fingerprint density at radius 3 is 1.44 bits per heavy atom. The van der Waals surface area contributed by atoms with Crippen molar-refractivity contribution in [2.24, 2.45) is 17.2 Å². The summed E-state index contributed by atoms with van der Waals surface area (Å²) in [5.41, 5.74) is 16.3. The maximum absolute atomic E-state index is 13.9. The van der Waals surface area contributed by atoms with Gasteiger partial charge in [0.05, 0.1) is 45.4 Å². The molecule has 0 bridgehead atoms. The predicted octanol–water partition coefficient (Wildman–Crippen LogP) is -5.50. The topological polar surface area (TPSA) is 452 Å². The molecule has 0 radical (unpaired) electrons. The number of phenolic OH excluding ortho intramolecular Hbond substituents is 1.